The zero-order chi connectivity index (χ0) is 17.9. The number of amides is 1. The van der Waals surface area contributed by atoms with Crippen LogP contribution in [0.4, 0.5) is 0 Å². The van der Waals surface area contributed by atoms with Crippen LogP contribution in [0.3, 0.4) is 0 Å². The summed E-state index contributed by atoms with van der Waals surface area (Å²) >= 11 is 0. The highest BCUT2D eigenvalue weighted by molar-refractivity contribution is 6.07. The summed E-state index contributed by atoms with van der Waals surface area (Å²) in [4.78, 5) is 12.7. The van der Waals surface area contributed by atoms with Gasteiger partial charge in [0.15, 0.2) is 11.5 Å². The highest BCUT2D eigenvalue weighted by atomic mass is 16.1. The predicted molar refractivity (Wildman–Crippen MR) is 103 cm³/mol. The third-order valence-electron chi connectivity index (χ3n) is 4.49. The minimum absolute atomic E-state index is 0.0681. The van der Waals surface area contributed by atoms with Gasteiger partial charge >= 0.3 is 0 Å². The van der Waals surface area contributed by atoms with Crippen molar-refractivity contribution in [1.29, 1.82) is 0 Å². The molecule has 0 radical (unpaired) electrons. The Bertz CT molecular complexity index is 1070. The van der Waals surface area contributed by atoms with Gasteiger partial charge in [-0.25, -0.2) is 0 Å². The van der Waals surface area contributed by atoms with Gasteiger partial charge in [-0.1, -0.05) is 61.9 Å². The van der Waals surface area contributed by atoms with Gasteiger partial charge in [0.25, 0.3) is 5.91 Å². The standard InChI is InChI=1S/C21H20N4O/c1-2-3-13-22-21(26)17-14-19-23-24-20(15-9-5-4-6-10-15)25(19)18-12-8-7-11-16(17)18/h4-12,14H,2-3,13H2,1H3,(H,22,26). The van der Waals surface area contributed by atoms with E-state index in [1.54, 1.807) is 0 Å². The third kappa shape index (κ3) is 2.81. The number of nitrogens with zero attached hydrogens (tertiary/aromatic N) is 3. The number of fused-ring (bicyclic) bond motifs is 3. The lowest BCUT2D eigenvalue weighted by molar-refractivity contribution is 0.0955. The average molecular weight is 344 g/mol. The molecule has 0 bridgehead atoms. The molecule has 0 spiro atoms. The Hall–Kier alpha value is -3.21. The van der Waals surface area contributed by atoms with E-state index in [2.05, 4.69) is 22.4 Å². The van der Waals surface area contributed by atoms with Gasteiger partial charge in [-0.2, -0.15) is 0 Å². The Morgan fingerprint density at radius 1 is 1.04 bits per heavy atom. The summed E-state index contributed by atoms with van der Waals surface area (Å²) < 4.78 is 2.01. The van der Waals surface area contributed by atoms with Crippen molar-refractivity contribution < 1.29 is 4.79 Å². The quantitative estimate of drug-likeness (QED) is 0.555. The topological polar surface area (TPSA) is 59.3 Å². The molecule has 2 aromatic carbocycles. The number of carbonyl (C=O) groups is 1. The first-order valence-electron chi connectivity index (χ1n) is 8.90. The van der Waals surface area contributed by atoms with E-state index in [0.717, 1.165) is 35.1 Å². The number of aromatic nitrogens is 3. The van der Waals surface area contributed by atoms with Crippen LogP contribution in [0.25, 0.3) is 27.9 Å². The summed E-state index contributed by atoms with van der Waals surface area (Å²) in [5, 5.41) is 12.6. The molecular formula is C21H20N4O. The minimum Gasteiger partial charge on any atom is -0.352 e. The molecule has 5 heteroatoms. The maximum atomic E-state index is 12.7. The van der Waals surface area contributed by atoms with Gasteiger partial charge in [0.05, 0.1) is 11.1 Å². The molecule has 1 N–H and O–H groups in total. The molecule has 0 aliphatic rings. The molecular weight excluding hydrogens is 324 g/mol. The lowest BCUT2D eigenvalue weighted by Gasteiger charge is -2.10. The fourth-order valence-electron chi connectivity index (χ4n) is 3.17. The summed E-state index contributed by atoms with van der Waals surface area (Å²) in [7, 11) is 0. The molecule has 0 aliphatic carbocycles. The largest absolute Gasteiger partial charge is 0.352 e. The number of para-hydroxylation sites is 1. The van der Waals surface area contributed by atoms with Crippen molar-refractivity contribution in [3.8, 4) is 11.4 Å². The van der Waals surface area contributed by atoms with Gasteiger partial charge < -0.3 is 5.32 Å². The Kier molecular flexibility index (Phi) is 4.35. The van der Waals surface area contributed by atoms with Crippen LogP contribution in [0.15, 0.2) is 60.7 Å². The number of unbranched alkanes of at least 4 members (excludes halogenated alkanes) is 1. The lowest BCUT2D eigenvalue weighted by Crippen LogP contribution is -2.24. The second-order valence-corrected chi connectivity index (χ2v) is 6.27. The van der Waals surface area contributed by atoms with Gasteiger partial charge in [-0.15, -0.1) is 10.2 Å². The Morgan fingerprint density at radius 3 is 2.62 bits per heavy atom. The number of pyridine rings is 1. The van der Waals surface area contributed by atoms with Crippen LogP contribution in [-0.2, 0) is 0 Å². The zero-order valence-electron chi connectivity index (χ0n) is 14.6. The SMILES string of the molecule is CCCCNC(=O)c1cc2nnc(-c3ccccc3)n2c2ccccc12. The summed E-state index contributed by atoms with van der Waals surface area (Å²) in [5.41, 5.74) is 3.22. The number of rotatable bonds is 5. The van der Waals surface area contributed by atoms with Crippen LogP contribution in [0.2, 0.25) is 0 Å². The van der Waals surface area contributed by atoms with Crippen molar-refractivity contribution >= 4 is 22.5 Å². The molecule has 0 fully saturated rings. The van der Waals surface area contributed by atoms with E-state index in [1.807, 2.05) is 65.1 Å². The monoisotopic (exact) mass is 344 g/mol. The van der Waals surface area contributed by atoms with Crippen molar-refractivity contribution in [2.45, 2.75) is 19.8 Å². The fraction of sp³-hybridized carbons (Fsp3) is 0.190. The van der Waals surface area contributed by atoms with Gasteiger partial charge in [0.2, 0.25) is 0 Å². The number of nitrogens with one attached hydrogen (secondary N) is 1. The van der Waals surface area contributed by atoms with E-state index in [1.165, 1.54) is 0 Å². The van der Waals surface area contributed by atoms with Crippen molar-refractivity contribution in [1.82, 2.24) is 19.9 Å². The van der Waals surface area contributed by atoms with E-state index >= 15 is 0 Å². The molecule has 2 heterocycles. The molecule has 4 rings (SSSR count). The van der Waals surface area contributed by atoms with Crippen LogP contribution in [0, 0.1) is 0 Å². The van der Waals surface area contributed by atoms with Crippen molar-refractivity contribution in [2.75, 3.05) is 6.54 Å². The molecule has 4 aromatic rings. The molecule has 0 unspecified atom stereocenters. The fourth-order valence-corrected chi connectivity index (χ4v) is 3.17. The maximum absolute atomic E-state index is 12.7. The van der Waals surface area contributed by atoms with Gasteiger partial charge in [-0.3, -0.25) is 9.20 Å². The van der Waals surface area contributed by atoms with Crippen LogP contribution >= 0.6 is 0 Å². The normalized spacial score (nSPS) is 11.1. The summed E-state index contributed by atoms with van der Waals surface area (Å²) in [6, 6.07) is 19.7. The van der Waals surface area contributed by atoms with Crippen molar-refractivity contribution in [2.24, 2.45) is 0 Å². The predicted octanol–water partition coefficient (Wildman–Crippen LogP) is 4.08. The van der Waals surface area contributed by atoms with E-state index in [-0.39, 0.29) is 5.91 Å². The van der Waals surface area contributed by atoms with Crippen molar-refractivity contribution in [3.05, 3.63) is 66.2 Å². The Balaban J connectivity index is 1.90. The molecule has 2 aromatic heterocycles. The highest BCUT2D eigenvalue weighted by Gasteiger charge is 2.17. The van der Waals surface area contributed by atoms with Gasteiger partial charge in [0, 0.05) is 17.5 Å². The van der Waals surface area contributed by atoms with Crippen LogP contribution < -0.4 is 5.32 Å². The van der Waals surface area contributed by atoms with E-state index < -0.39 is 0 Å². The first kappa shape index (κ1) is 16.3. The summed E-state index contributed by atoms with van der Waals surface area (Å²) in [6.07, 6.45) is 2.01. The summed E-state index contributed by atoms with van der Waals surface area (Å²) in [6.45, 7) is 2.78. The molecule has 0 aliphatic heterocycles. The molecule has 0 saturated heterocycles. The molecule has 26 heavy (non-hydrogen) atoms. The van der Waals surface area contributed by atoms with E-state index in [4.69, 9.17) is 0 Å². The number of carbonyl (C=O) groups excluding carboxylic acids is 1. The smallest absolute Gasteiger partial charge is 0.252 e. The van der Waals surface area contributed by atoms with E-state index in [9.17, 15) is 4.79 Å². The number of benzene rings is 2. The molecule has 0 atom stereocenters. The molecule has 0 saturated carbocycles. The average Bonchev–Trinajstić information content (AvgIpc) is 3.12. The Labute approximate surface area is 151 Å². The second kappa shape index (κ2) is 6.96. The highest BCUT2D eigenvalue weighted by Crippen LogP contribution is 2.26. The Morgan fingerprint density at radius 2 is 1.81 bits per heavy atom. The maximum Gasteiger partial charge on any atom is 0.252 e. The van der Waals surface area contributed by atoms with Crippen LogP contribution in [-0.4, -0.2) is 27.0 Å². The van der Waals surface area contributed by atoms with Gasteiger partial charge in [0.1, 0.15) is 0 Å². The van der Waals surface area contributed by atoms with Gasteiger partial charge in [-0.05, 0) is 18.6 Å². The van der Waals surface area contributed by atoms with Crippen LogP contribution in [0.1, 0.15) is 30.1 Å². The first-order chi connectivity index (χ1) is 12.8. The van der Waals surface area contributed by atoms with Crippen LogP contribution in [0.5, 0.6) is 0 Å². The van der Waals surface area contributed by atoms with Crippen molar-refractivity contribution in [3.63, 3.8) is 0 Å². The zero-order valence-corrected chi connectivity index (χ0v) is 14.6. The van der Waals surface area contributed by atoms with E-state index in [0.29, 0.717) is 17.8 Å². The first-order valence-corrected chi connectivity index (χ1v) is 8.90. The number of hydrogen-bond donors (Lipinski definition) is 1. The molecule has 130 valence electrons. The summed E-state index contributed by atoms with van der Waals surface area (Å²) in [5.74, 6) is 0.705. The molecule has 5 nitrogen and oxygen atoms in total. The third-order valence-corrected chi connectivity index (χ3v) is 4.49. The second-order valence-electron chi connectivity index (χ2n) is 6.27. The lowest BCUT2D eigenvalue weighted by atomic mass is 10.1. The number of hydrogen-bond acceptors (Lipinski definition) is 3. The minimum atomic E-state index is -0.0681. The molecule has 1 amide bonds.